The SMILES string of the molecule is CC(C)Sc1ccc(SC(C)C)c(SC(C)C)c1. The van der Waals surface area contributed by atoms with Crippen LogP contribution in [0.5, 0.6) is 0 Å². The summed E-state index contributed by atoms with van der Waals surface area (Å²) < 4.78 is 0. The molecule has 1 aromatic rings. The fraction of sp³-hybridized carbons (Fsp3) is 0.600. The zero-order valence-corrected chi connectivity index (χ0v) is 14.6. The molecule has 0 saturated carbocycles. The summed E-state index contributed by atoms with van der Waals surface area (Å²) in [5, 5.41) is 1.92. The highest BCUT2D eigenvalue weighted by atomic mass is 32.2. The molecular weight excluding hydrogens is 276 g/mol. The van der Waals surface area contributed by atoms with Gasteiger partial charge >= 0.3 is 0 Å². The summed E-state index contributed by atoms with van der Waals surface area (Å²) >= 11 is 5.88. The Hall–Kier alpha value is 0.270. The average molecular weight is 301 g/mol. The lowest BCUT2D eigenvalue weighted by Crippen LogP contribution is -1.93. The van der Waals surface area contributed by atoms with Gasteiger partial charge in [-0.05, 0) is 18.2 Å². The van der Waals surface area contributed by atoms with Crippen LogP contribution in [0.3, 0.4) is 0 Å². The molecule has 0 nitrogen and oxygen atoms in total. The van der Waals surface area contributed by atoms with E-state index in [1.54, 1.807) is 0 Å². The highest BCUT2D eigenvalue weighted by molar-refractivity contribution is 8.03. The third kappa shape index (κ3) is 5.94. The largest absolute Gasteiger partial charge is 0.123 e. The minimum atomic E-state index is 0.635. The number of hydrogen-bond acceptors (Lipinski definition) is 3. The van der Waals surface area contributed by atoms with E-state index in [1.165, 1.54) is 14.7 Å². The van der Waals surface area contributed by atoms with E-state index in [1.807, 2.05) is 35.3 Å². The molecule has 1 aromatic carbocycles. The summed E-state index contributed by atoms with van der Waals surface area (Å²) in [6.45, 7) is 13.5. The van der Waals surface area contributed by atoms with Crippen molar-refractivity contribution in [2.75, 3.05) is 0 Å². The molecule has 0 aliphatic heterocycles. The Bertz CT molecular complexity index is 370. The normalized spacial score (nSPS) is 11.8. The van der Waals surface area contributed by atoms with Gasteiger partial charge in [0.2, 0.25) is 0 Å². The maximum absolute atomic E-state index is 2.36. The lowest BCUT2D eigenvalue weighted by Gasteiger charge is -2.15. The minimum absolute atomic E-state index is 0.635. The first-order valence-electron chi connectivity index (χ1n) is 6.52. The third-order valence-electron chi connectivity index (χ3n) is 2.01. The van der Waals surface area contributed by atoms with Crippen LogP contribution in [0.25, 0.3) is 0 Å². The van der Waals surface area contributed by atoms with Crippen molar-refractivity contribution in [3.05, 3.63) is 18.2 Å². The Morgan fingerprint density at radius 2 is 1.17 bits per heavy atom. The van der Waals surface area contributed by atoms with E-state index in [2.05, 4.69) is 59.7 Å². The molecule has 0 aliphatic rings. The molecule has 0 radical (unpaired) electrons. The van der Waals surface area contributed by atoms with Crippen LogP contribution in [0, 0.1) is 0 Å². The second-order valence-electron chi connectivity index (χ2n) is 5.11. The lowest BCUT2D eigenvalue weighted by atomic mass is 10.4. The Morgan fingerprint density at radius 3 is 1.67 bits per heavy atom. The summed E-state index contributed by atoms with van der Waals surface area (Å²) in [6.07, 6.45) is 0. The predicted molar refractivity (Wildman–Crippen MR) is 89.4 cm³/mol. The topological polar surface area (TPSA) is 0 Å². The fourth-order valence-corrected chi connectivity index (χ4v) is 4.49. The van der Waals surface area contributed by atoms with E-state index in [0.29, 0.717) is 15.7 Å². The van der Waals surface area contributed by atoms with Gasteiger partial charge in [0.15, 0.2) is 0 Å². The second-order valence-corrected chi connectivity index (χ2v) is 9.99. The summed E-state index contributed by atoms with van der Waals surface area (Å²) in [7, 11) is 0. The van der Waals surface area contributed by atoms with Crippen molar-refractivity contribution in [2.45, 2.75) is 72.0 Å². The van der Waals surface area contributed by atoms with Crippen molar-refractivity contribution in [3.8, 4) is 0 Å². The van der Waals surface area contributed by atoms with Crippen molar-refractivity contribution < 1.29 is 0 Å². The molecule has 0 aliphatic carbocycles. The molecule has 0 amide bonds. The minimum Gasteiger partial charge on any atom is -0.123 e. The van der Waals surface area contributed by atoms with E-state index in [-0.39, 0.29) is 0 Å². The molecule has 0 spiro atoms. The predicted octanol–water partition coefficient (Wildman–Crippen LogP) is 6.19. The molecular formula is C15H24S3. The van der Waals surface area contributed by atoms with Crippen molar-refractivity contribution in [1.82, 2.24) is 0 Å². The number of thioether (sulfide) groups is 3. The van der Waals surface area contributed by atoms with Crippen molar-refractivity contribution >= 4 is 35.3 Å². The molecule has 102 valence electrons. The van der Waals surface area contributed by atoms with Crippen molar-refractivity contribution in [3.63, 3.8) is 0 Å². The van der Waals surface area contributed by atoms with Crippen LogP contribution in [0.1, 0.15) is 41.5 Å². The van der Waals surface area contributed by atoms with Gasteiger partial charge in [-0.3, -0.25) is 0 Å². The third-order valence-corrected chi connectivity index (χ3v) is 5.28. The Balaban J connectivity index is 2.96. The molecule has 1 rings (SSSR count). The smallest absolute Gasteiger partial charge is 0.0222 e. The van der Waals surface area contributed by atoms with Crippen LogP contribution >= 0.6 is 35.3 Å². The van der Waals surface area contributed by atoms with E-state index < -0.39 is 0 Å². The Morgan fingerprint density at radius 1 is 0.667 bits per heavy atom. The molecule has 0 N–H and O–H groups in total. The lowest BCUT2D eigenvalue weighted by molar-refractivity contribution is 1.07. The van der Waals surface area contributed by atoms with Crippen molar-refractivity contribution in [1.29, 1.82) is 0 Å². The first-order valence-corrected chi connectivity index (χ1v) is 9.16. The monoisotopic (exact) mass is 300 g/mol. The maximum atomic E-state index is 2.36. The number of rotatable bonds is 6. The summed E-state index contributed by atoms with van der Waals surface area (Å²) in [5.41, 5.74) is 0. The van der Waals surface area contributed by atoms with E-state index in [9.17, 15) is 0 Å². The van der Waals surface area contributed by atoms with Crippen LogP contribution in [0.4, 0.5) is 0 Å². The van der Waals surface area contributed by atoms with Gasteiger partial charge in [0.25, 0.3) is 0 Å². The zero-order chi connectivity index (χ0) is 13.7. The summed E-state index contributed by atoms with van der Waals surface area (Å²) in [6, 6.07) is 6.92. The quantitative estimate of drug-likeness (QED) is 0.575. The molecule has 0 fully saturated rings. The zero-order valence-electron chi connectivity index (χ0n) is 12.2. The highest BCUT2D eigenvalue weighted by Gasteiger charge is 2.10. The van der Waals surface area contributed by atoms with Crippen LogP contribution in [0.2, 0.25) is 0 Å². The number of hydrogen-bond donors (Lipinski definition) is 0. The van der Waals surface area contributed by atoms with Crippen LogP contribution < -0.4 is 0 Å². The summed E-state index contributed by atoms with van der Waals surface area (Å²) in [4.78, 5) is 4.26. The maximum Gasteiger partial charge on any atom is 0.0222 e. The van der Waals surface area contributed by atoms with Gasteiger partial charge in [-0.1, -0.05) is 41.5 Å². The first kappa shape index (κ1) is 16.3. The van der Waals surface area contributed by atoms with Gasteiger partial charge in [-0.2, -0.15) is 0 Å². The molecule has 0 unspecified atom stereocenters. The standard InChI is InChI=1S/C15H24S3/c1-10(2)16-13-7-8-14(17-11(3)4)15(9-13)18-12(5)6/h7-12H,1-6H3. The van der Waals surface area contributed by atoms with Gasteiger partial charge in [0.1, 0.15) is 0 Å². The van der Waals surface area contributed by atoms with Crippen LogP contribution in [-0.2, 0) is 0 Å². The van der Waals surface area contributed by atoms with Crippen molar-refractivity contribution in [2.24, 2.45) is 0 Å². The van der Waals surface area contributed by atoms with E-state index >= 15 is 0 Å². The molecule has 3 heteroatoms. The molecule has 18 heavy (non-hydrogen) atoms. The van der Waals surface area contributed by atoms with Gasteiger partial charge < -0.3 is 0 Å². The van der Waals surface area contributed by atoms with Gasteiger partial charge in [-0.15, -0.1) is 35.3 Å². The summed E-state index contributed by atoms with van der Waals surface area (Å²) in [5.74, 6) is 0. The Labute approximate surface area is 125 Å². The molecule has 0 atom stereocenters. The molecule has 0 saturated heterocycles. The molecule has 0 heterocycles. The van der Waals surface area contributed by atoms with Gasteiger partial charge in [0.05, 0.1) is 0 Å². The second kappa shape index (κ2) is 7.76. The molecule has 0 bridgehead atoms. The van der Waals surface area contributed by atoms with E-state index in [0.717, 1.165) is 0 Å². The number of benzene rings is 1. The Kier molecular flexibility index (Phi) is 7.04. The molecule has 0 aromatic heterocycles. The first-order chi connectivity index (χ1) is 8.38. The van der Waals surface area contributed by atoms with Gasteiger partial charge in [0, 0.05) is 30.4 Å². The van der Waals surface area contributed by atoms with E-state index in [4.69, 9.17) is 0 Å². The highest BCUT2D eigenvalue weighted by Crippen LogP contribution is 2.38. The average Bonchev–Trinajstić information content (AvgIpc) is 2.19. The van der Waals surface area contributed by atoms with Gasteiger partial charge in [-0.25, -0.2) is 0 Å². The van der Waals surface area contributed by atoms with Crippen LogP contribution in [0.15, 0.2) is 32.9 Å². The fourth-order valence-electron chi connectivity index (χ4n) is 1.53. The van der Waals surface area contributed by atoms with Crippen LogP contribution in [-0.4, -0.2) is 15.7 Å².